The number of ether oxygens (including phenoxy) is 2. The second kappa shape index (κ2) is 18.3. The zero-order valence-corrected chi connectivity index (χ0v) is 29.6. The Morgan fingerprint density at radius 1 is 0.846 bits per heavy atom. The highest BCUT2D eigenvalue weighted by atomic mass is 16.6. The fourth-order valence-electron chi connectivity index (χ4n) is 7.21. The number of alkyl carbamates (subject to hydrolysis) is 1. The van der Waals surface area contributed by atoms with Crippen molar-refractivity contribution in [3.63, 3.8) is 0 Å². The molecule has 3 amide bonds. The summed E-state index contributed by atoms with van der Waals surface area (Å²) in [6.45, 7) is 7.24. The molecule has 3 aromatic carbocycles. The summed E-state index contributed by atoms with van der Waals surface area (Å²) in [6, 6.07) is 23.4. The van der Waals surface area contributed by atoms with E-state index in [4.69, 9.17) is 9.47 Å². The normalized spacial score (nSPS) is 15.9. The van der Waals surface area contributed by atoms with Crippen LogP contribution < -0.4 is 16.0 Å². The van der Waals surface area contributed by atoms with Crippen molar-refractivity contribution in [3.8, 4) is 11.1 Å². The molecule has 2 aliphatic carbocycles. The van der Waals surface area contributed by atoms with Crippen molar-refractivity contribution in [1.82, 2.24) is 16.0 Å². The largest absolute Gasteiger partial charge is 0.462 e. The molecule has 1 fully saturated rings. The maximum atomic E-state index is 13.6. The number of fused-ring (bicyclic) bond motifs is 3. The Balaban J connectivity index is 1.21. The lowest BCUT2D eigenvalue weighted by Gasteiger charge is -2.29. The number of benzene rings is 3. The first kappa shape index (κ1) is 38.0. The van der Waals surface area contributed by atoms with Gasteiger partial charge in [-0.3, -0.25) is 9.59 Å². The number of amides is 3. The lowest BCUT2D eigenvalue weighted by Crippen LogP contribution is -2.50. The van der Waals surface area contributed by atoms with E-state index in [1.165, 1.54) is 0 Å². The molecular formula is C42H49N3O7. The van der Waals surface area contributed by atoms with Crippen LogP contribution in [0.2, 0.25) is 0 Å². The molecule has 4 N–H and O–H groups in total. The van der Waals surface area contributed by atoms with E-state index in [2.05, 4.69) is 41.2 Å². The number of rotatable bonds is 18. The monoisotopic (exact) mass is 707 g/mol. The van der Waals surface area contributed by atoms with Crippen molar-refractivity contribution in [2.24, 2.45) is 5.92 Å². The Kier molecular flexibility index (Phi) is 13.4. The van der Waals surface area contributed by atoms with Crippen LogP contribution in [0, 0.1) is 5.92 Å². The van der Waals surface area contributed by atoms with Gasteiger partial charge in [-0.25, -0.2) is 9.59 Å². The fraction of sp³-hybridized carbons (Fsp3) is 0.381. The average molecular weight is 708 g/mol. The average Bonchev–Trinajstić information content (AvgIpc) is 3.76. The minimum absolute atomic E-state index is 0.0887. The van der Waals surface area contributed by atoms with Crippen molar-refractivity contribution in [3.05, 3.63) is 121 Å². The number of nitrogens with one attached hydrogen (secondary N) is 3. The summed E-state index contributed by atoms with van der Waals surface area (Å²) in [4.78, 5) is 53.2. The van der Waals surface area contributed by atoms with E-state index in [0.29, 0.717) is 24.8 Å². The topological polar surface area (TPSA) is 143 Å². The molecule has 0 bridgehead atoms. The second-order valence-corrected chi connectivity index (χ2v) is 13.6. The molecule has 0 aromatic heterocycles. The summed E-state index contributed by atoms with van der Waals surface area (Å²) >= 11 is 0. The molecule has 0 heterocycles. The Hall–Kier alpha value is -5.22. The first-order valence-corrected chi connectivity index (χ1v) is 18.0. The van der Waals surface area contributed by atoms with Gasteiger partial charge in [0.1, 0.15) is 19.3 Å². The Bertz CT molecular complexity index is 1670. The maximum absolute atomic E-state index is 13.6. The minimum Gasteiger partial charge on any atom is -0.462 e. The predicted octanol–water partition coefficient (Wildman–Crippen LogP) is 6.26. The molecule has 10 nitrogen and oxygen atoms in total. The van der Waals surface area contributed by atoms with Crippen LogP contribution in [0.5, 0.6) is 0 Å². The number of aliphatic hydroxyl groups is 1. The molecule has 0 aliphatic heterocycles. The van der Waals surface area contributed by atoms with Crippen LogP contribution in [0.1, 0.15) is 80.0 Å². The lowest BCUT2D eigenvalue weighted by atomic mass is 9.95. The van der Waals surface area contributed by atoms with E-state index in [0.717, 1.165) is 35.1 Å². The van der Waals surface area contributed by atoms with E-state index < -0.39 is 41.5 Å². The van der Waals surface area contributed by atoms with E-state index in [9.17, 15) is 24.3 Å². The molecule has 0 radical (unpaired) electrons. The molecule has 3 aromatic rings. The van der Waals surface area contributed by atoms with Gasteiger partial charge in [-0.15, -0.1) is 13.2 Å². The van der Waals surface area contributed by atoms with Crippen LogP contribution in [-0.4, -0.2) is 60.4 Å². The molecule has 2 aliphatic rings. The SMILES string of the molecule is C=CCC[C@H](NC(=O)OCC1c2ccccc2-c2ccccc21)C(=O)OC[C@@H](NC(=O)[C@@H](CC=C)CC(=O)NC1(CO)CCCC1)c1ccccc1. The van der Waals surface area contributed by atoms with Gasteiger partial charge >= 0.3 is 12.1 Å². The summed E-state index contributed by atoms with van der Waals surface area (Å²) in [5.74, 6) is -2.26. The summed E-state index contributed by atoms with van der Waals surface area (Å²) in [6.07, 6.45) is 6.56. The van der Waals surface area contributed by atoms with Crippen molar-refractivity contribution in [1.29, 1.82) is 0 Å². The molecule has 0 saturated heterocycles. The van der Waals surface area contributed by atoms with Gasteiger partial charge in [0, 0.05) is 12.3 Å². The van der Waals surface area contributed by atoms with Crippen molar-refractivity contribution in [2.75, 3.05) is 19.8 Å². The quantitative estimate of drug-likeness (QED) is 0.0903. The van der Waals surface area contributed by atoms with Gasteiger partial charge in [-0.1, -0.05) is 104 Å². The third kappa shape index (κ3) is 9.55. The van der Waals surface area contributed by atoms with E-state index >= 15 is 0 Å². The van der Waals surface area contributed by atoms with Gasteiger partial charge in [0.15, 0.2) is 0 Å². The molecule has 5 rings (SSSR count). The number of hydrogen-bond acceptors (Lipinski definition) is 7. The van der Waals surface area contributed by atoms with Crippen LogP contribution in [0.3, 0.4) is 0 Å². The Morgan fingerprint density at radius 3 is 2.10 bits per heavy atom. The fourth-order valence-corrected chi connectivity index (χ4v) is 7.21. The highest BCUT2D eigenvalue weighted by Gasteiger charge is 2.36. The summed E-state index contributed by atoms with van der Waals surface area (Å²) in [5.41, 5.74) is 4.42. The molecule has 10 heteroatoms. The zero-order valence-electron chi connectivity index (χ0n) is 29.6. The predicted molar refractivity (Wildman–Crippen MR) is 199 cm³/mol. The molecule has 0 spiro atoms. The Morgan fingerprint density at radius 2 is 1.48 bits per heavy atom. The van der Waals surface area contributed by atoms with E-state index in [-0.39, 0.29) is 50.9 Å². The van der Waals surface area contributed by atoms with Gasteiger partial charge in [0.2, 0.25) is 11.8 Å². The first-order valence-electron chi connectivity index (χ1n) is 18.0. The molecule has 3 atom stereocenters. The standard InChI is InChI=1S/C42H49N3O7/c1-3-5-22-36(44-41(50)52-26-35-33-20-11-9-18-31(33)32-19-10-12-21-34(32)35)40(49)51-27-37(29-16-7-6-8-17-29)43-39(48)30(15-4-2)25-38(47)45-42(28-46)23-13-14-24-42/h3-4,6-12,16-21,30,35-37,46H,1-2,5,13-15,22-28H2,(H,43,48)(H,44,50)(H,45,47)/t30-,36-,37+/m0/s1. The number of esters is 1. The smallest absolute Gasteiger partial charge is 0.407 e. The minimum atomic E-state index is -1.02. The van der Waals surface area contributed by atoms with E-state index in [1.807, 2.05) is 66.7 Å². The molecule has 1 saturated carbocycles. The number of allylic oxidation sites excluding steroid dienone is 2. The van der Waals surface area contributed by atoms with Gasteiger partial charge < -0.3 is 30.5 Å². The highest BCUT2D eigenvalue weighted by molar-refractivity contribution is 5.87. The van der Waals surface area contributed by atoms with Gasteiger partial charge in [-0.2, -0.15) is 0 Å². The van der Waals surface area contributed by atoms with Crippen molar-refractivity contribution >= 4 is 23.9 Å². The number of aliphatic hydroxyl groups excluding tert-OH is 1. The zero-order chi connectivity index (χ0) is 36.9. The van der Waals surface area contributed by atoms with Gasteiger partial charge in [0.05, 0.1) is 24.1 Å². The van der Waals surface area contributed by atoms with Gasteiger partial charge in [-0.05, 0) is 59.9 Å². The highest BCUT2D eigenvalue weighted by Crippen LogP contribution is 2.44. The maximum Gasteiger partial charge on any atom is 0.407 e. The third-order valence-electron chi connectivity index (χ3n) is 10.0. The van der Waals surface area contributed by atoms with Gasteiger partial charge in [0.25, 0.3) is 0 Å². The van der Waals surface area contributed by atoms with Crippen LogP contribution >= 0.6 is 0 Å². The Labute approximate surface area is 305 Å². The van der Waals surface area contributed by atoms with Crippen molar-refractivity contribution < 1.29 is 33.8 Å². The molecule has 0 unspecified atom stereocenters. The van der Waals surface area contributed by atoms with Crippen molar-refractivity contribution in [2.45, 2.75) is 74.9 Å². The van der Waals surface area contributed by atoms with Crippen LogP contribution in [0.25, 0.3) is 11.1 Å². The lowest BCUT2D eigenvalue weighted by molar-refractivity contribution is -0.147. The third-order valence-corrected chi connectivity index (χ3v) is 10.0. The molecular weight excluding hydrogens is 658 g/mol. The second-order valence-electron chi connectivity index (χ2n) is 13.6. The number of carbonyl (C=O) groups is 4. The first-order chi connectivity index (χ1) is 25.3. The van der Waals surface area contributed by atoms with Crippen LogP contribution in [-0.2, 0) is 23.9 Å². The van der Waals surface area contributed by atoms with Crippen LogP contribution in [0.15, 0.2) is 104 Å². The van der Waals surface area contributed by atoms with Crippen LogP contribution in [0.4, 0.5) is 4.79 Å². The number of hydrogen-bond donors (Lipinski definition) is 4. The summed E-state index contributed by atoms with van der Waals surface area (Å²) in [7, 11) is 0. The van der Waals surface area contributed by atoms with E-state index in [1.54, 1.807) is 12.2 Å². The molecule has 52 heavy (non-hydrogen) atoms. The molecule has 274 valence electrons. The summed E-state index contributed by atoms with van der Waals surface area (Å²) in [5, 5.41) is 18.6. The summed E-state index contributed by atoms with van der Waals surface area (Å²) < 4.78 is 11.4. The number of carbonyl (C=O) groups excluding carboxylic acids is 4.